The minimum absolute atomic E-state index is 0.233. The van der Waals surface area contributed by atoms with Gasteiger partial charge in [0.1, 0.15) is 0 Å². The van der Waals surface area contributed by atoms with Crippen molar-refractivity contribution in [3.63, 3.8) is 0 Å². The third-order valence-electron chi connectivity index (χ3n) is 4.74. The highest BCUT2D eigenvalue weighted by atomic mass is 32.1. The summed E-state index contributed by atoms with van der Waals surface area (Å²) in [6, 6.07) is 6.38. The van der Waals surface area contributed by atoms with Gasteiger partial charge in [-0.05, 0) is 47.7 Å². The quantitative estimate of drug-likeness (QED) is 0.924. The minimum Gasteiger partial charge on any atom is -0.504 e. The highest BCUT2D eigenvalue weighted by molar-refractivity contribution is 7.14. The van der Waals surface area contributed by atoms with Gasteiger partial charge in [0.2, 0.25) is 0 Å². The Balaban J connectivity index is 1.74. The summed E-state index contributed by atoms with van der Waals surface area (Å²) in [7, 11) is 3.32. The zero-order valence-electron chi connectivity index (χ0n) is 12.8. The predicted octanol–water partition coefficient (Wildman–Crippen LogP) is 3.13. The molecule has 0 saturated carbocycles. The summed E-state index contributed by atoms with van der Waals surface area (Å²) in [5.74, 6) is 0.803. The first-order valence-electron chi connectivity index (χ1n) is 7.49. The fourth-order valence-electron chi connectivity index (χ4n) is 3.60. The summed E-state index contributed by atoms with van der Waals surface area (Å²) in [5, 5.41) is 11.1. The number of methoxy groups -OCH3 is 2. The van der Waals surface area contributed by atoms with Crippen molar-refractivity contribution in [1.29, 1.82) is 0 Å². The smallest absolute Gasteiger partial charge is 0.173 e. The van der Waals surface area contributed by atoms with Gasteiger partial charge in [-0.3, -0.25) is 4.90 Å². The van der Waals surface area contributed by atoms with Crippen LogP contribution in [0.3, 0.4) is 0 Å². The van der Waals surface area contributed by atoms with Crippen molar-refractivity contribution in [1.82, 2.24) is 4.90 Å². The number of fused-ring (bicyclic) bond motifs is 4. The second-order valence-electron chi connectivity index (χ2n) is 5.88. The van der Waals surface area contributed by atoms with Gasteiger partial charge >= 0.3 is 0 Å². The Morgan fingerprint density at radius 3 is 2.82 bits per heavy atom. The Morgan fingerprint density at radius 2 is 2.05 bits per heavy atom. The van der Waals surface area contributed by atoms with E-state index >= 15 is 0 Å². The van der Waals surface area contributed by atoms with E-state index in [9.17, 15) is 5.11 Å². The fourth-order valence-corrected chi connectivity index (χ4v) is 4.63. The minimum atomic E-state index is 0.233. The molecule has 2 aromatic rings. The maximum Gasteiger partial charge on any atom is 0.173 e. The van der Waals surface area contributed by atoms with E-state index in [0.717, 1.165) is 31.0 Å². The van der Waals surface area contributed by atoms with Crippen LogP contribution >= 0.6 is 11.3 Å². The lowest BCUT2D eigenvalue weighted by atomic mass is 9.86. The van der Waals surface area contributed by atoms with Crippen LogP contribution in [0.5, 0.6) is 16.6 Å². The molecule has 0 bridgehead atoms. The Kier molecular flexibility index (Phi) is 3.27. The summed E-state index contributed by atoms with van der Waals surface area (Å²) in [5.41, 5.74) is 3.91. The molecule has 0 aliphatic carbocycles. The molecular formula is C17H19NO3S. The maximum absolute atomic E-state index is 10.1. The number of benzene rings is 1. The molecule has 4 rings (SSSR count). The number of phenols is 1. The van der Waals surface area contributed by atoms with E-state index in [1.54, 1.807) is 25.6 Å². The molecule has 0 amide bonds. The zero-order chi connectivity index (χ0) is 15.3. The third kappa shape index (κ3) is 2.08. The van der Waals surface area contributed by atoms with Gasteiger partial charge in [0.25, 0.3) is 0 Å². The summed E-state index contributed by atoms with van der Waals surface area (Å²) < 4.78 is 10.6. The van der Waals surface area contributed by atoms with E-state index in [4.69, 9.17) is 9.47 Å². The molecule has 2 aliphatic rings. The molecule has 1 aromatic carbocycles. The van der Waals surface area contributed by atoms with Crippen LogP contribution in [0.15, 0.2) is 18.2 Å². The van der Waals surface area contributed by atoms with Crippen LogP contribution in [-0.2, 0) is 19.4 Å². The highest BCUT2D eigenvalue weighted by Crippen LogP contribution is 2.44. The number of rotatable bonds is 2. The molecule has 0 radical (unpaired) electrons. The molecule has 22 heavy (non-hydrogen) atoms. The second kappa shape index (κ2) is 5.18. The van der Waals surface area contributed by atoms with Crippen molar-refractivity contribution in [3.8, 4) is 16.6 Å². The van der Waals surface area contributed by atoms with Crippen molar-refractivity contribution in [3.05, 3.63) is 39.8 Å². The lowest BCUT2D eigenvalue weighted by molar-refractivity contribution is 0.163. The van der Waals surface area contributed by atoms with Crippen LogP contribution in [0, 0.1) is 0 Å². The first-order valence-corrected chi connectivity index (χ1v) is 8.30. The number of aromatic hydroxyl groups is 1. The molecule has 0 spiro atoms. The van der Waals surface area contributed by atoms with Gasteiger partial charge in [0.05, 0.1) is 14.2 Å². The van der Waals surface area contributed by atoms with E-state index in [2.05, 4.69) is 11.0 Å². The summed E-state index contributed by atoms with van der Waals surface area (Å²) in [4.78, 5) is 3.92. The summed E-state index contributed by atoms with van der Waals surface area (Å²) >= 11 is 1.75. The van der Waals surface area contributed by atoms with E-state index in [0.29, 0.717) is 11.8 Å². The third-order valence-corrected chi connectivity index (χ3v) is 5.87. The zero-order valence-corrected chi connectivity index (χ0v) is 13.6. The van der Waals surface area contributed by atoms with Crippen molar-refractivity contribution >= 4 is 11.3 Å². The first-order chi connectivity index (χ1) is 10.7. The number of thiophene rings is 1. The average molecular weight is 317 g/mol. The summed E-state index contributed by atoms with van der Waals surface area (Å²) in [6.45, 7) is 2.02. The summed E-state index contributed by atoms with van der Waals surface area (Å²) in [6.07, 6.45) is 1.98. The maximum atomic E-state index is 10.1. The molecule has 3 heterocycles. The largest absolute Gasteiger partial charge is 0.504 e. The standard InChI is InChI=1S/C17H19NO3S/c1-20-15-6-10-3-4-18-9-16-11(7-17(21-2)22-16)5-13(18)12(10)8-14(15)19/h6-8,13,19H,3-5,9H2,1-2H3. The Bertz CT molecular complexity index is 725. The van der Waals surface area contributed by atoms with Gasteiger partial charge in [-0.15, -0.1) is 11.3 Å². The van der Waals surface area contributed by atoms with Crippen LogP contribution in [0.25, 0.3) is 0 Å². The monoisotopic (exact) mass is 317 g/mol. The number of phenolic OH excluding ortho intramolecular Hbond substituents is 1. The fraction of sp³-hybridized carbons (Fsp3) is 0.412. The molecule has 5 heteroatoms. The van der Waals surface area contributed by atoms with Crippen LogP contribution in [0.4, 0.5) is 0 Å². The molecule has 1 atom stereocenters. The topological polar surface area (TPSA) is 41.9 Å². The van der Waals surface area contributed by atoms with Gasteiger partial charge in [-0.25, -0.2) is 0 Å². The highest BCUT2D eigenvalue weighted by Gasteiger charge is 2.34. The Labute approximate surface area is 133 Å². The van der Waals surface area contributed by atoms with Crippen LogP contribution in [0.2, 0.25) is 0 Å². The van der Waals surface area contributed by atoms with Crippen molar-refractivity contribution in [2.45, 2.75) is 25.4 Å². The van der Waals surface area contributed by atoms with Gasteiger partial charge in [-0.2, -0.15) is 0 Å². The van der Waals surface area contributed by atoms with E-state index in [-0.39, 0.29) is 5.75 Å². The van der Waals surface area contributed by atoms with E-state index in [1.165, 1.54) is 21.6 Å². The van der Waals surface area contributed by atoms with Gasteiger partial charge < -0.3 is 14.6 Å². The van der Waals surface area contributed by atoms with Crippen molar-refractivity contribution in [2.75, 3.05) is 20.8 Å². The van der Waals surface area contributed by atoms with Crippen LogP contribution in [0.1, 0.15) is 27.6 Å². The Hall–Kier alpha value is -1.72. The predicted molar refractivity (Wildman–Crippen MR) is 86.1 cm³/mol. The SMILES string of the molecule is COc1cc2c(s1)CN1CCc3cc(OC)c(O)cc3C1C2. The number of nitrogens with zero attached hydrogens (tertiary/aromatic N) is 1. The molecule has 0 saturated heterocycles. The molecule has 0 fully saturated rings. The van der Waals surface area contributed by atoms with Gasteiger partial charge in [0.15, 0.2) is 16.6 Å². The lowest BCUT2D eigenvalue weighted by Crippen LogP contribution is -2.38. The van der Waals surface area contributed by atoms with Crippen molar-refractivity contribution < 1.29 is 14.6 Å². The first kappa shape index (κ1) is 13.9. The normalized spacial score (nSPS) is 20.0. The molecule has 1 N–H and O–H groups in total. The molecule has 2 aliphatic heterocycles. The van der Waals surface area contributed by atoms with E-state index in [1.807, 2.05) is 12.1 Å². The lowest BCUT2D eigenvalue weighted by Gasteiger charge is -2.40. The van der Waals surface area contributed by atoms with Gasteiger partial charge in [-0.1, -0.05) is 0 Å². The second-order valence-corrected chi connectivity index (χ2v) is 6.98. The van der Waals surface area contributed by atoms with Crippen molar-refractivity contribution in [2.24, 2.45) is 0 Å². The molecule has 116 valence electrons. The molecule has 1 unspecified atom stereocenters. The van der Waals surface area contributed by atoms with E-state index < -0.39 is 0 Å². The number of ether oxygens (including phenoxy) is 2. The van der Waals surface area contributed by atoms with Crippen LogP contribution < -0.4 is 9.47 Å². The number of hydrogen-bond donors (Lipinski definition) is 1. The molecule has 1 aromatic heterocycles. The molecule has 4 nitrogen and oxygen atoms in total. The molecular weight excluding hydrogens is 298 g/mol. The van der Waals surface area contributed by atoms with Gasteiger partial charge in [0, 0.05) is 24.0 Å². The average Bonchev–Trinajstić information content (AvgIpc) is 2.94. The van der Waals surface area contributed by atoms with Crippen LogP contribution in [-0.4, -0.2) is 30.8 Å². The number of hydrogen-bond acceptors (Lipinski definition) is 5. The Morgan fingerprint density at radius 1 is 1.18 bits per heavy atom.